The highest BCUT2D eigenvalue weighted by Gasteiger charge is 2.15. The Balaban J connectivity index is 1.54. The zero-order valence-electron chi connectivity index (χ0n) is 20.6. The number of hydrogen-bond acceptors (Lipinski definition) is 4. The minimum atomic E-state index is -0.118. The molecule has 0 saturated carbocycles. The number of nitrogens with one attached hydrogen (secondary N) is 1. The number of furan rings is 1. The van der Waals surface area contributed by atoms with Crippen LogP contribution in [0, 0.1) is 0 Å². The van der Waals surface area contributed by atoms with Crippen LogP contribution in [-0.4, -0.2) is 26.2 Å². The molecule has 5 heteroatoms. The van der Waals surface area contributed by atoms with Gasteiger partial charge in [0.1, 0.15) is 17.1 Å². The van der Waals surface area contributed by atoms with Gasteiger partial charge in [-0.2, -0.15) is 0 Å². The number of carbonyl (C=O) groups excluding carboxylic acids is 1. The minimum Gasteiger partial charge on any atom is -0.497 e. The quantitative estimate of drug-likeness (QED) is 0.279. The van der Waals surface area contributed by atoms with Crippen LogP contribution in [0.2, 0.25) is 0 Å². The molecule has 0 bridgehead atoms. The predicted octanol–water partition coefficient (Wildman–Crippen LogP) is 6.66. The van der Waals surface area contributed by atoms with E-state index in [1.165, 1.54) is 5.56 Å². The van der Waals surface area contributed by atoms with Crippen LogP contribution < -0.4 is 14.8 Å². The number of allylic oxidation sites excluding steroid dienone is 1. The molecule has 5 nitrogen and oxygen atoms in total. The highest BCUT2D eigenvalue weighted by molar-refractivity contribution is 6.00. The van der Waals surface area contributed by atoms with Gasteiger partial charge in [-0.15, -0.1) is 0 Å². The minimum absolute atomic E-state index is 0.0617. The molecule has 35 heavy (non-hydrogen) atoms. The lowest BCUT2D eigenvalue weighted by Gasteiger charge is -2.14. The van der Waals surface area contributed by atoms with Crippen LogP contribution in [0.5, 0.6) is 11.5 Å². The average Bonchev–Trinajstić information content (AvgIpc) is 3.30. The molecule has 180 valence electrons. The van der Waals surface area contributed by atoms with Gasteiger partial charge in [0.05, 0.1) is 20.5 Å². The van der Waals surface area contributed by atoms with Gasteiger partial charge in [-0.3, -0.25) is 4.79 Å². The van der Waals surface area contributed by atoms with Crippen LogP contribution in [0.4, 0.5) is 0 Å². The maximum absolute atomic E-state index is 12.8. The van der Waals surface area contributed by atoms with E-state index in [2.05, 4.69) is 17.4 Å². The number of hydrogen-bond donors (Lipinski definition) is 1. The lowest BCUT2D eigenvalue weighted by molar-refractivity contribution is -0.117. The Kier molecular flexibility index (Phi) is 7.56. The summed E-state index contributed by atoms with van der Waals surface area (Å²) < 4.78 is 16.7. The standard InChI is InChI=1S/C30H31NO4/c1-20(16-30(32)31-21(2)10-11-22-8-6-5-7-9-22)25-17-26-27(19-35-29(26)18-28(25)34-4)23-12-14-24(33-3)15-13-23/h5-9,12-19,21H,10-11H2,1-4H3,(H,31,32)/b20-16+. The summed E-state index contributed by atoms with van der Waals surface area (Å²) in [5.41, 5.74) is 5.65. The molecule has 0 radical (unpaired) electrons. The Labute approximate surface area is 206 Å². The first-order chi connectivity index (χ1) is 17.0. The third-order valence-electron chi connectivity index (χ3n) is 6.17. The fourth-order valence-electron chi connectivity index (χ4n) is 4.19. The summed E-state index contributed by atoms with van der Waals surface area (Å²) in [6.07, 6.45) is 5.17. The number of carbonyl (C=O) groups is 1. The van der Waals surface area contributed by atoms with E-state index in [0.29, 0.717) is 5.75 Å². The molecule has 1 N–H and O–H groups in total. The largest absolute Gasteiger partial charge is 0.497 e. The van der Waals surface area contributed by atoms with Crippen molar-refractivity contribution >= 4 is 22.4 Å². The average molecular weight is 470 g/mol. The third-order valence-corrected chi connectivity index (χ3v) is 6.17. The number of methoxy groups -OCH3 is 2. The zero-order chi connectivity index (χ0) is 24.8. The normalized spacial score (nSPS) is 12.4. The highest BCUT2D eigenvalue weighted by atomic mass is 16.5. The number of rotatable bonds is 9. The van der Waals surface area contributed by atoms with Gasteiger partial charge in [0.25, 0.3) is 0 Å². The Morgan fingerprint density at radius 2 is 1.77 bits per heavy atom. The lowest BCUT2D eigenvalue weighted by Crippen LogP contribution is -2.31. The van der Waals surface area contributed by atoms with Crippen molar-refractivity contribution in [3.8, 4) is 22.6 Å². The number of ether oxygens (including phenoxy) is 2. The summed E-state index contributed by atoms with van der Waals surface area (Å²) in [5, 5.41) is 4.04. The summed E-state index contributed by atoms with van der Waals surface area (Å²) in [6, 6.07) is 22.1. The van der Waals surface area contributed by atoms with Crippen molar-refractivity contribution in [1.82, 2.24) is 5.32 Å². The van der Waals surface area contributed by atoms with Gasteiger partial charge in [0, 0.05) is 34.7 Å². The van der Waals surface area contributed by atoms with Crippen molar-refractivity contribution in [2.24, 2.45) is 0 Å². The summed E-state index contributed by atoms with van der Waals surface area (Å²) in [5.74, 6) is 1.34. The van der Waals surface area contributed by atoms with Crippen molar-refractivity contribution in [2.45, 2.75) is 32.7 Å². The lowest BCUT2D eigenvalue weighted by atomic mass is 9.99. The maximum atomic E-state index is 12.8. The first-order valence-electron chi connectivity index (χ1n) is 11.7. The Morgan fingerprint density at radius 3 is 2.46 bits per heavy atom. The van der Waals surface area contributed by atoms with Crippen LogP contribution in [0.3, 0.4) is 0 Å². The number of benzene rings is 3. The highest BCUT2D eigenvalue weighted by Crippen LogP contribution is 2.37. The number of aryl methyl sites for hydroxylation is 1. The number of amides is 1. The molecular weight excluding hydrogens is 438 g/mol. The maximum Gasteiger partial charge on any atom is 0.244 e. The van der Waals surface area contributed by atoms with E-state index in [9.17, 15) is 4.79 Å². The van der Waals surface area contributed by atoms with Crippen molar-refractivity contribution in [3.63, 3.8) is 0 Å². The summed E-state index contributed by atoms with van der Waals surface area (Å²) in [4.78, 5) is 12.8. The van der Waals surface area contributed by atoms with Crippen LogP contribution >= 0.6 is 0 Å². The molecule has 1 atom stereocenters. The van der Waals surface area contributed by atoms with Gasteiger partial charge >= 0.3 is 0 Å². The monoisotopic (exact) mass is 469 g/mol. The molecule has 0 spiro atoms. The van der Waals surface area contributed by atoms with Crippen LogP contribution in [-0.2, 0) is 11.2 Å². The van der Waals surface area contributed by atoms with Gasteiger partial charge < -0.3 is 19.2 Å². The molecule has 0 fully saturated rings. The van der Waals surface area contributed by atoms with Crippen LogP contribution in [0.25, 0.3) is 27.7 Å². The zero-order valence-corrected chi connectivity index (χ0v) is 20.6. The van der Waals surface area contributed by atoms with E-state index in [1.54, 1.807) is 26.6 Å². The van der Waals surface area contributed by atoms with Crippen molar-refractivity contribution in [1.29, 1.82) is 0 Å². The molecule has 1 heterocycles. The molecule has 0 aliphatic rings. The van der Waals surface area contributed by atoms with E-state index < -0.39 is 0 Å². The molecule has 0 aliphatic carbocycles. The van der Waals surface area contributed by atoms with Gasteiger partial charge in [0.15, 0.2) is 0 Å². The van der Waals surface area contributed by atoms with Crippen molar-refractivity contribution < 1.29 is 18.7 Å². The second-order valence-electron chi connectivity index (χ2n) is 8.69. The molecular formula is C30H31NO4. The smallest absolute Gasteiger partial charge is 0.244 e. The van der Waals surface area contributed by atoms with Gasteiger partial charge in [-0.05, 0) is 61.6 Å². The van der Waals surface area contributed by atoms with E-state index >= 15 is 0 Å². The van der Waals surface area contributed by atoms with E-state index in [-0.39, 0.29) is 11.9 Å². The first-order valence-corrected chi connectivity index (χ1v) is 11.7. The van der Waals surface area contributed by atoms with Gasteiger partial charge in [-0.25, -0.2) is 0 Å². The second kappa shape index (κ2) is 11.0. The van der Waals surface area contributed by atoms with Gasteiger partial charge in [-0.1, -0.05) is 42.5 Å². The molecule has 1 unspecified atom stereocenters. The molecule has 1 aromatic heterocycles. The number of fused-ring (bicyclic) bond motifs is 1. The Morgan fingerprint density at radius 1 is 1.03 bits per heavy atom. The molecule has 1 amide bonds. The summed E-state index contributed by atoms with van der Waals surface area (Å²) in [6.45, 7) is 3.95. The molecule has 0 aliphatic heterocycles. The first kappa shape index (κ1) is 24.1. The van der Waals surface area contributed by atoms with Crippen LogP contribution in [0.1, 0.15) is 31.4 Å². The van der Waals surface area contributed by atoms with Gasteiger partial charge in [0.2, 0.25) is 5.91 Å². The molecule has 0 saturated heterocycles. The molecule has 3 aromatic carbocycles. The van der Waals surface area contributed by atoms with E-state index in [4.69, 9.17) is 13.9 Å². The molecule has 4 aromatic rings. The van der Waals surface area contributed by atoms with Crippen LogP contribution in [0.15, 0.2) is 83.5 Å². The van der Waals surface area contributed by atoms with E-state index in [0.717, 1.165) is 51.8 Å². The predicted molar refractivity (Wildman–Crippen MR) is 141 cm³/mol. The Hall–Kier alpha value is -3.99. The SMILES string of the molecule is COc1ccc(-c2coc3cc(OC)c(/C(C)=C/C(=O)NC(C)CCc4ccccc4)cc23)cc1. The van der Waals surface area contributed by atoms with E-state index in [1.807, 2.05) is 68.4 Å². The third kappa shape index (κ3) is 5.75. The van der Waals surface area contributed by atoms with Crippen molar-refractivity contribution in [2.75, 3.05) is 14.2 Å². The van der Waals surface area contributed by atoms with Crippen molar-refractivity contribution in [3.05, 3.63) is 90.2 Å². The second-order valence-corrected chi connectivity index (χ2v) is 8.69. The molecule has 4 rings (SSSR count). The summed E-state index contributed by atoms with van der Waals surface area (Å²) in [7, 11) is 3.27. The topological polar surface area (TPSA) is 60.7 Å². The summed E-state index contributed by atoms with van der Waals surface area (Å²) >= 11 is 0. The fourth-order valence-corrected chi connectivity index (χ4v) is 4.19. The Bertz CT molecular complexity index is 1320. The fraction of sp³-hybridized carbons (Fsp3) is 0.233.